The smallest absolute Gasteiger partial charge is 0.416 e. The summed E-state index contributed by atoms with van der Waals surface area (Å²) in [5.41, 5.74) is -0.360. The van der Waals surface area contributed by atoms with Crippen LogP contribution in [-0.2, 0) is 6.18 Å². The van der Waals surface area contributed by atoms with E-state index in [1.165, 1.54) is 6.07 Å². The van der Waals surface area contributed by atoms with Gasteiger partial charge in [-0.3, -0.25) is 0 Å². The summed E-state index contributed by atoms with van der Waals surface area (Å²) in [6.45, 7) is 1.82. The molecule has 2 rings (SSSR count). The SMILES string of the molecule is CC(Nc1ccc(C(F)(F)F)cc1Cl)c1ccc(Br)o1. The van der Waals surface area contributed by atoms with Crippen molar-refractivity contribution in [2.75, 3.05) is 5.32 Å². The van der Waals surface area contributed by atoms with Crippen LogP contribution in [0.5, 0.6) is 0 Å². The fourth-order valence-electron chi connectivity index (χ4n) is 1.67. The predicted molar refractivity (Wildman–Crippen MR) is 74.9 cm³/mol. The van der Waals surface area contributed by atoms with Crippen molar-refractivity contribution in [2.45, 2.75) is 19.1 Å². The van der Waals surface area contributed by atoms with Gasteiger partial charge in [0, 0.05) is 0 Å². The second kappa shape index (κ2) is 5.69. The van der Waals surface area contributed by atoms with Crippen molar-refractivity contribution >= 4 is 33.2 Å². The van der Waals surface area contributed by atoms with E-state index >= 15 is 0 Å². The highest BCUT2D eigenvalue weighted by Crippen LogP contribution is 2.35. The van der Waals surface area contributed by atoms with Crippen LogP contribution in [-0.4, -0.2) is 0 Å². The molecule has 0 spiro atoms. The lowest BCUT2D eigenvalue weighted by Crippen LogP contribution is -2.08. The zero-order valence-electron chi connectivity index (χ0n) is 10.3. The monoisotopic (exact) mass is 367 g/mol. The number of rotatable bonds is 3. The fourth-order valence-corrected chi connectivity index (χ4v) is 2.23. The molecule has 0 amide bonds. The maximum absolute atomic E-state index is 12.5. The van der Waals surface area contributed by atoms with Crippen LogP contribution >= 0.6 is 27.5 Å². The standard InChI is InChI=1S/C13H10BrClF3NO/c1-7(11-4-5-12(14)20-11)19-10-3-2-8(6-9(10)15)13(16,17)18/h2-7,19H,1H3. The molecule has 1 aromatic heterocycles. The van der Waals surface area contributed by atoms with Crippen LogP contribution in [0.2, 0.25) is 5.02 Å². The summed E-state index contributed by atoms with van der Waals surface area (Å²) in [6.07, 6.45) is -4.40. The van der Waals surface area contributed by atoms with Gasteiger partial charge in [-0.2, -0.15) is 13.2 Å². The lowest BCUT2D eigenvalue weighted by Gasteiger charge is -2.15. The molecule has 0 saturated carbocycles. The van der Waals surface area contributed by atoms with Crippen LogP contribution in [0.1, 0.15) is 24.3 Å². The van der Waals surface area contributed by atoms with Gasteiger partial charge in [-0.05, 0) is 53.2 Å². The minimum absolute atomic E-state index is 0.0114. The van der Waals surface area contributed by atoms with E-state index < -0.39 is 11.7 Å². The molecule has 0 bridgehead atoms. The molecule has 1 heterocycles. The summed E-state index contributed by atoms with van der Waals surface area (Å²) in [5, 5.41) is 3.02. The summed E-state index contributed by atoms with van der Waals surface area (Å²) in [6, 6.07) is 6.46. The van der Waals surface area contributed by atoms with Crippen molar-refractivity contribution in [3.8, 4) is 0 Å². The molecule has 1 unspecified atom stereocenters. The Bertz CT molecular complexity index is 612. The summed E-state index contributed by atoms with van der Waals surface area (Å²) >= 11 is 9.06. The first kappa shape index (κ1) is 15.3. The summed E-state index contributed by atoms with van der Waals surface area (Å²) < 4.78 is 43.5. The Morgan fingerprint density at radius 2 is 1.95 bits per heavy atom. The number of alkyl halides is 3. The van der Waals surface area contributed by atoms with Gasteiger partial charge in [-0.1, -0.05) is 11.6 Å². The Kier molecular flexibility index (Phi) is 4.34. The van der Waals surface area contributed by atoms with Crippen LogP contribution < -0.4 is 5.32 Å². The molecule has 0 radical (unpaired) electrons. The Labute approximate surface area is 127 Å². The van der Waals surface area contributed by atoms with Gasteiger partial charge in [0.05, 0.1) is 22.3 Å². The third kappa shape index (κ3) is 3.49. The molecule has 1 atom stereocenters. The van der Waals surface area contributed by atoms with Crippen LogP contribution in [0.4, 0.5) is 18.9 Å². The quantitative estimate of drug-likeness (QED) is 0.731. The Morgan fingerprint density at radius 3 is 2.45 bits per heavy atom. The lowest BCUT2D eigenvalue weighted by molar-refractivity contribution is -0.137. The number of hydrogen-bond donors (Lipinski definition) is 1. The van der Waals surface area contributed by atoms with E-state index in [9.17, 15) is 13.2 Å². The van der Waals surface area contributed by atoms with Crippen molar-refractivity contribution in [3.05, 3.63) is 51.3 Å². The molecule has 1 N–H and O–H groups in total. The zero-order valence-corrected chi connectivity index (χ0v) is 12.6. The van der Waals surface area contributed by atoms with E-state index in [0.29, 0.717) is 16.1 Å². The van der Waals surface area contributed by atoms with E-state index in [-0.39, 0.29) is 11.1 Å². The number of halogens is 5. The van der Waals surface area contributed by atoms with Crippen molar-refractivity contribution in [3.63, 3.8) is 0 Å². The third-order valence-electron chi connectivity index (χ3n) is 2.69. The highest BCUT2D eigenvalue weighted by molar-refractivity contribution is 9.10. The van der Waals surface area contributed by atoms with E-state index in [1.807, 2.05) is 6.92 Å². The topological polar surface area (TPSA) is 25.2 Å². The van der Waals surface area contributed by atoms with Gasteiger partial charge in [0.15, 0.2) is 4.67 Å². The molecule has 7 heteroatoms. The molecule has 2 aromatic rings. The molecule has 108 valence electrons. The Morgan fingerprint density at radius 1 is 1.25 bits per heavy atom. The van der Waals surface area contributed by atoms with E-state index in [1.54, 1.807) is 12.1 Å². The average Bonchev–Trinajstić information content (AvgIpc) is 2.77. The number of furan rings is 1. The van der Waals surface area contributed by atoms with Crippen LogP contribution in [0.15, 0.2) is 39.4 Å². The Hall–Kier alpha value is -1.14. The lowest BCUT2D eigenvalue weighted by atomic mass is 10.1. The fraction of sp³-hybridized carbons (Fsp3) is 0.231. The third-order valence-corrected chi connectivity index (χ3v) is 3.43. The molecule has 20 heavy (non-hydrogen) atoms. The summed E-state index contributed by atoms with van der Waals surface area (Å²) in [4.78, 5) is 0. The molecule has 1 aromatic carbocycles. The molecular weight excluding hydrogens is 358 g/mol. The van der Waals surface area contributed by atoms with Crippen molar-refractivity contribution in [1.29, 1.82) is 0 Å². The number of hydrogen-bond acceptors (Lipinski definition) is 2. The predicted octanol–water partition coefficient (Wildman–Crippen LogP) is 5.89. The molecule has 0 saturated heterocycles. The normalized spacial score (nSPS) is 13.3. The maximum atomic E-state index is 12.5. The van der Waals surface area contributed by atoms with E-state index in [0.717, 1.165) is 12.1 Å². The molecule has 0 aliphatic heterocycles. The summed E-state index contributed by atoms with van der Waals surface area (Å²) in [5.74, 6) is 0.646. The van der Waals surface area contributed by atoms with Gasteiger partial charge in [0.2, 0.25) is 0 Å². The van der Waals surface area contributed by atoms with Gasteiger partial charge < -0.3 is 9.73 Å². The first-order chi connectivity index (χ1) is 9.27. The molecule has 2 nitrogen and oxygen atoms in total. The second-order valence-corrected chi connectivity index (χ2v) is 5.39. The van der Waals surface area contributed by atoms with Crippen LogP contribution in [0.3, 0.4) is 0 Å². The first-order valence-corrected chi connectivity index (χ1v) is 6.83. The summed E-state index contributed by atoms with van der Waals surface area (Å²) in [7, 11) is 0. The highest BCUT2D eigenvalue weighted by atomic mass is 79.9. The van der Waals surface area contributed by atoms with E-state index in [2.05, 4.69) is 21.2 Å². The minimum Gasteiger partial charge on any atom is -0.452 e. The van der Waals surface area contributed by atoms with E-state index in [4.69, 9.17) is 16.0 Å². The van der Waals surface area contributed by atoms with Crippen LogP contribution in [0, 0.1) is 0 Å². The van der Waals surface area contributed by atoms with Crippen LogP contribution in [0.25, 0.3) is 0 Å². The van der Waals surface area contributed by atoms with Gasteiger partial charge in [0.25, 0.3) is 0 Å². The van der Waals surface area contributed by atoms with Gasteiger partial charge in [-0.25, -0.2) is 0 Å². The number of anilines is 1. The number of benzene rings is 1. The molecular formula is C13H10BrClF3NO. The highest BCUT2D eigenvalue weighted by Gasteiger charge is 2.31. The van der Waals surface area contributed by atoms with Crippen molar-refractivity contribution in [2.24, 2.45) is 0 Å². The first-order valence-electron chi connectivity index (χ1n) is 5.66. The zero-order chi connectivity index (χ0) is 14.9. The largest absolute Gasteiger partial charge is 0.452 e. The molecule has 0 aliphatic rings. The average molecular weight is 369 g/mol. The minimum atomic E-state index is -4.40. The van der Waals surface area contributed by atoms with Gasteiger partial charge in [-0.15, -0.1) is 0 Å². The van der Waals surface area contributed by atoms with Crippen molar-refractivity contribution < 1.29 is 17.6 Å². The second-order valence-electron chi connectivity index (χ2n) is 4.20. The van der Waals surface area contributed by atoms with Gasteiger partial charge in [0.1, 0.15) is 5.76 Å². The molecule has 0 aliphatic carbocycles. The van der Waals surface area contributed by atoms with Crippen molar-refractivity contribution in [1.82, 2.24) is 0 Å². The Balaban J connectivity index is 2.18. The van der Waals surface area contributed by atoms with Gasteiger partial charge >= 0.3 is 6.18 Å². The number of nitrogens with one attached hydrogen (secondary N) is 1. The molecule has 0 fully saturated rings. The maximum Gasteiger partial charge on any atom is 0.416 e.